The summed E-state index contributed by atoms with van der Waals surface area (Å²) in [6, 6.07) is -0.366. The molecule has 1 aliphatic rings. The van der Waals surface area contributed by atoms with E-state index in [4.69, 9.17) is 4.84 Å². The lowest BCUT2D eigenvalue weighted by Crippen LogP contribution is -2.53. The Labute approximate surface area is 190 Å². The molecule has 0 aliphatic carbocycles. The molecule has 0 bridgehead atoms. The number of alkyl halides is 3. The Hall–Kier alpha value is -2.67. The van der Waals surface area contributed by atoms with Crippen molar-refractivity contribution in [2.45, 2.75) is 45.5 Å². The number of piperazine rings is 1. The second-order valence-electron chi connectivity index (χ2n) is 8.89. The van der Waals surface area contributed by atoms with E-state index in [0.717, 1.165) is 12.4 Å². The predicted molar refractivity (Wildman–Crippen MR) is 113 cm³/mol. The van der Waals surface area contributed by atoms with Gasteiger partial charge < -0.3 is 14.9 Å². The minimum absolute atomic E-state index is 0.182. The Bertz CT molecular complexity index is 808. The average molecular weight is 477 g/mol. The molecule has 10 nitrogen and oxygen atoms in total. The van der Waals surface area contributed by atoms with E-state index < -0.39 is 23.4 Å². The zero-order valence-electron chi connectivity index (χ0n) is 19.5. The van der Waals surface area contributed by atoms with Crippen LogP contribution in [-0.4, -0.2) is 99.9 Å². The summed E-state index contributed by atoms with van der Waals surface area (Å²) in [7, 11) is 1.63. The van der Waals surface area contributed by atoms with E-state index in [2.05, 4.69) is 9.97 Å². The van der Waals surface area contributed by atoms with Gasteiger partial charge >= 0.3 is 12.3 Å². The number of carboxylic acid groups (broad SMARTS) is 1. The van der Waals surface area contributed by atoms with E-state index in [-0.39, 0.29) is 31.0 Å². The number of halogens is 3. The summed E-state index contributed by atoms with van der Waals surface area (Å²) in [6.07, 6.45) is -4.03. The number of nitrogens with zero attached hydrogens (tertiary/aromatic N) is 6. The highest BCUT2D eigenvalue weighted by Gasteiger charge is 2.33. The quantitative estimate of drug-likeness (QED) is 0.598. The first-order valence-electron chi connectivity index (χ1n) is 10.5. The highest BCUT2D eigenvalue weighted by Crippen LogP contribution is 2.28. The fourth-order valence-electron chi connectivity index (χ4n) is 3.69. The van der Waals surface area contributed by atoms with Crippen molar-refractivity contribution in [2.75, 3.05) is 51.3 Å². The fraction of sp³-hybridized carbons (Fsp3) is 0.700. The Morgan fingerprint density at radius 3 is 2.15 bits per heavy atom. The third-order valence-corrected chi connectivity index (χ3v) is 5.18. The van der Waals surface area contributed by atoms with Crippen LogP contribution in [0.25, 0.3) is 0 Å². The van der Waals surface area contributed by atoms with Gasteiger partial charge in [0.05, 0.1) is 5.56 Å². The molecule has 2 amide bonds. The molecule has 1 aromatic rings. The second-order valence-corrected chi connectivity index (χ2v) is 8.89. The molecule has 1 N–H and O–H groups in total. The standard InChI is InChI=1S/C20H31F3N6O4/c1-14(29(18(31)32)19(2,3)4)12-26(5)33-13-16(30)27-6-8-28(9-7-27)17-24-10-15(11-25-17)20(21,22)23/h10-11,14H,6-9,12-13H2,1-5H3,(H,31,32). The zero-order chi connectivity index (χ0) is 25.0. The van der Waals surface area contributed by atoms with Crippen molar-refractivity contribution in [1.29, 1.82) is 0 Å². The molecule has 0 saturated carbocycles. The van der Waals surface area contributed by atoms with Gasteiger partial charge in [0.1, 0.15) is 6.61 Å². The van der Waals surface area contributed by atoms with Gasteiger partial charge in [-0.25, -0.2) is 14.8 Å². The summed E-state index contributed by atoms with van der Waals surface area (Å²) in [5.41, 5.74) is -1.50. The molecule has 0 spiro atoms. The lowest BCUT2D eigenvalue weighted by Gasteiger charge is -2.39. The number of hydrogen-bond acceptors (Lipinski definition) is 7. The zero-order valence-corrected chi connectivity index (χ0v) is 19.5. The fourth-order valence-corrected chi connectivity index (χ4v) is 3.69. The van der Waals surface area contributed by atoms with Gasteiger partial charge in [0.25, 0.3) is 5.91 Å². The van der Waals surface area contributed by atoms with Crippen molar-refractivity contribution < 1.29 is 32.7 Å². The Balaban J connectivity index is 1.80. The van der Waals surface area contributed by atoms with E-state index in [1.54, 1.807) is 44.5 Å². The van der Waals surface area contributed by atoms with E-state index >= 15 is 0 Å². The van der Waals surface area contributed by atoms with Crippen molar-refractivity contribution >= 4 is 17.9 Å². The summed E-state index contributed by atoms with van der Waals surface area (Å²) >= 11 is 0. The summed E-state index contributed by atoms with van der Waals surface area (Å²) < 4.78 is 37.9. The molecule has 1 fully saturated rings. The first kappa shape index (κ1) is 26.6. The van der Waals surface area contributed by atoms with Crippen LogP contribution in [0.4, 0.5) is 23.9 Å². The van der Waals surface area contributed by atoms with Crippen molar-refractivity contribution in [2.24, 2.45) is 0 Å². The Morgan fingerprint density at radius 2 is 1.70 bits per heavy atom. The highest BCUT2D eigenvalue weighted by molar-refractivity contribution is 5.77. The van der Waals surface area contributed by atoms with Crippen molar-refractivity contribution in [3.05, 3.63) is 18.0 Å². The van der Waals surface area contributed by atoms with Crippen molar-refractivity contribution in [1.82, 2.24) is 24.8 Å². The summed E-state index contributed by atoms with van der Waals surface area (Å²) in [6.45, 7) is 8.70. The first-order chi connectivity index (χ1) is 15.2. The Morgan fingerprint density at radius 1 is 1.15 bits per heavy atom. The molecule has 1 aromatic heterocycles. The maximum absolute atomic E-state index is 12.6. The molecule has 1 aliphatic heterocycles. The van der Waals surface area contributed by atoms with Gasteiger partial charge in [0.15, 0.2) is 0 Å². The number of likely N-dealkylation sites (N-methyl/N-ethyl adjacent to an activating group) is 1. The average Bonchev–Trinajstić information content (AvgIpc) is 2.70. The molecular weight excluding hydrogens is 445 g/mol. The van der Waals surface area contributed by atoms with Crippen molar-refractivity contribution in [3.63, 3.8) is 0 Å². The molecule has 186 valence electrons. The number of hydrogen-bond donors (Lipinski definition) is 1. The van der Waals surface area contributed by atoms with Crippen molar-refractivity contribution in [3.8, 4) is 0 Å². The molecule has 33 heavy (non-hydrogen) atoms. The molecule has 0 aromatic carbocycles. The third kappa shape index (κ3) is 7.42. The van der Waals surface area contributed by atoms with E-state index in [9.17, 15) is 27.9 Å². The van der Waals surface area contributed by atoms with Gasteiger partial charge in [-0.3, -0.25) is 14.5 Å². The smallest absolute Gasteiger partial charge is 0.419 e. The number of hydroxylamine groups is 2. The van der Waals surface area contributed by atoms with Crippen LogP contribution in [0.1, 0.15) is 33.3 Å². The maximum Gasteiger partial charge on any atom is 0.419 e. The molecule has 2 heterocycles. The van der Waals surface area contributed by atoms with E-state index in [0.29, 0.717) is 26.2 Å². The molecule has 1 atom stereocenters. The predicted octanol–water partition coefficient (Wildman–Crippen LogP) is 2.17. The monoisotopic (exact) mass is 476 g/mol. The lowest BCUT2D eigenvalue weighted by molar-refractivity contribution is -0.171. The second kappa shape index (κ2) is 10.5. The van der Waals surface area contributed by atoms with E-state index in [1.165, 1.54) is 9.96 Å². The SMILES string of the molecule is CC(CN(C)OCC(=O)N1CCN(c2ncc(C(F)(F)F)cn2)CC1)N(C(=O)O)C(C)(C)C. The number of amides is 2. The number of carbonyl (C=O) groups excluding carboxylic acids is 1. The van der Waals surface area contributed by atoms with Gasteiger partial charge in [-0.15, -0.1) is 0 Å². The number of rotatable bonds is 7. The minimum atomic E-state index is -4.49. The molecule has 1 saturated heterocycles. The molecule has 2 rings (SSSR count). The minimum Gasteiger partial charge on any atom is -0.465 e. The summed E-state index contributed by atoms with van der Waals surface area (Å²) in [5.74, 6) is -0.0599. The van der Waals surface area contributed by atoms with Gasteiger partial charge in [0, 0.05) is 63.7 Å². The van der Waals surface area contributed by atoms with Crippen LogP contribution in [0, 0.1) is 0 Å². The van der Waals surface area contributed by atoms with E-state index in [1.807, 2.05) is 0 Å². The van der Waals surface area contributed by atoms with Crippen LogP contribution in [0.5, 0.6) is 0 Å². The number of carbonyl (C=O) groups is 2. The molecule has 13 heteroatoms. The van der Waals surface area contributed by atoms with Crippen LogP contribution in [-0.2, 0) is 15.8 Å². The van der Waals surface area contributed by atoms with Gasteiger partial charge in [-0.05, 0) is 27.7 Å². The highest BCUT2D eigenvalue weighted by atomic mass is 19.4. The van der Waals surface area contributed by atoms with Crippen LogP contribution in [0.15, 0.2) is 12.4 Å². The molecular formula is C20H31F3N6O4. The summed E-state index contributed by atoms with van der Waals surface area (Å²) in [5, 5.41) is 10.9. The third-order valence-electron chi connectivity index (χ3n) is 5.18. The normalized spacial score (nSPS) is 16.2. The Kier molecular flexibility index (Phi) is 8.46. The number of anilines is 1. The number of aromatic nitrogens is 2. The van der Waals surface area contributed by atoms with Gasteiger partial charge in [0.2, 0.25) is 5.95 Å². The van der Waals surface area contributed by atoms with Gasteiger partial charge in [-0.1, -0.05) is 0 Å². The lowest BCUT2D eigenvalue weighted by atomic mass is 10.0. The van der Waals surface area contributed by atoms with Gasteiger partial charge in [-0.2, -0.15) is 18.2 Å². The summed E-state index contributed by atoms with van der Waals surface area (Å²) in [4.78, 5) is 41.8. The van der Waals surface area contributed by atoms with Crippen LogP contribution < -0.4 is 4.90 Å². The maximum atomic E-state index is 12.6. The molecule has 1 unspecified atom stereocenters. The molecule has 0 radical (unpaired) electrons. The van der Waals surface area contributed by atoms with Crippen LogP contribution in [0.2, 0.25) is 0 Å². The first-order valence-corrected chi connectivity index (χ1v) is 10.5. The van der Waals surface area contributed by atoms with Crippen LogP contribution >= 0.6 is 0 Å². The van der Waals surface area contributed by atoms with Crippen LogP contribution in [0.3, 0.4) is 0 Å². The largest absolute Gasteiger partial charge is 0.465 e. The topological polar surface area (TPSA) is 102 Å².